The van der Waals surface area contributed by atoms with Crippen LogP contribution in [0.4, 0.5) is 0 Å². The second-order valence-electron chi connectivity index (χ2n) is 4.00. The standard InChI is InChI=1S/C13H16N2O/c1-9-2-3-10-8-11(13(16)6-7-14)4-5-12(10)15-9/h2-5,8,13,16H,6-7,14H2,1H3. The van der Waals surface area contributed by atoms with Gasteiger partial charge in [0.05, 0.1) is 11.6 Å². The van der Waals surface area contributed by atoms with Crippen molar-refractivity contribution in [2.24, 2.45) is 5.73 Å². The summed E-state index contributed by atoms with van der Waals surface area (Å²) in [7, 11) is 0. The number of fused-ring (bicyclic) bond motifs is 1. The lowest BCUT2D eigenvalue weighted by molar-refractivity contribution is 0.170. The van der Waals surface area contributed by atoms with Crippen LogP contribution in [0.2, 0.25) is 0 Å². The number of hydrogen-bond donors (Lipinski definition) is 2. The molecule has 2 aromatic rings. The molecular weight excluding hydrogens is 200 g/mol. The van der Waals surface area contributed by atoms with Crippen molar-refractivity contribution in [1.29, 1.82) is 0 Å². The number of hydrogen-bond acceptors (Lipinski definition) is 3. The number of aliphatic hydroxyl groups excluding tert-OH is 1. The quantitative estimate of drug-likeness (QED) is 0.824. The van der Waals surface area contributed by atoms with E-state index in [0.29, 0.717) is 13.0 Å². The summed E-state index contributed by atoms with van der Waals surface area (Å²) in [5.74, 6) is 0. The van der Waals surface area contributed by atoms with E-state index >= 15 is 0 Å². The van der Waals surface area contributed by atoms with Crippen molar-refractivity contribution in [3.8, 4) is 0 Å². The SMILES string of the molecule is Cc1ccc2cc(C(O)CCN)ccc2n1. The third-order valence-electron chi connectivity index (χ3n) is 2.68. The topological polar surface area (TPSA) is 59.1 Å². The zero-order valence-corrected chi connectivity index (χ0v) is 9.35. The molecule has 0 aliphatic rings. The van der Waals surface area contributed by atoms with E-state index in [9.17, 15) is 5.11 Å². The van der Waals surface area contributed by atoms with Gasteiger partial charge in [0.25, 0.3) is 0 Å². The predicted molar refractivity (Wildman–Crippen MR) is 65.1 cm³/mol. The molecule has 1 aromatic carbocycles. The van der Waals surface area contributed by atoms with E-state index in [-0.39, 0.29) is 0 Å². The normalized spacial score (nSPS) is 12.9. The maximum Gasteiger partial charge on any atom is 0.0802 e. The van der Waals surface area contributed by atoms with Gasteiger partial charge in [-0.15, -0.1) is 0 Å². The van der Waals surface area contributed by atoms with Gasteiger partial charge in [0, 0.05) is 11.1 Å². The summed E-state index contributed by atoms with van der Waals surface area (Å²) in [4.78, 5) is 4.42. The van der Waals surface area contributed by atoms with Crippen LogP contribution >= 0.6 is 0 Å². The fraction of sp³-hybridized carbons (Fsp3) is 0.308. The number of benzene rings is 1. The van der Waals surface area contributed by atoms with Gasteiger partial charge in [0.15, 0.2) is 0 Å². The Morgan fingerprint density at radius 1 is 1.31 bits per heavy atom. The highest BCUT2D eigenvalue weighted by atomic mass is 16.3. The van der Waals surface area contributed by atoms with E-state index < -0.39 is 6.10 Å². The predicted octanol–water partition coefficient (Wildman–Crippen LogP) is 1.93. The van der Waals surface area contributed by atoms with Gasteiger partial charge < -0.3 is 10.8 Å². The molecule has 0 saturated carbocycles. The summed E-state index contributed by atoms with van der Waals surface area (Å²) in [6.45, 7) is 2.46. The summed E-state index contributed by atoms with van der Waals surface area (Å²) in [6, 6.07) is 9.83. The Balaban J connectivity index is 2.40. The third-order valence-corrected chi connectivity index (χ3v) is 2.68. The zero-order chi connectivity index (χ0) is 11.5. The summed E-state index contributed by atoms with van der Waals surface area (Å²) >= 11 is 0. The first-order chi connectivity index (χ1) is 7.70. The van der Waals surface area contributed by atoms with Crippen molar-refractivity contribution >= 4 is 10.9 Å². The largest absolute Gasteiger partial charge is 0.388 e. The number of rotatable bonds is 3. The molecule has 0 saturated heterocycles. The molecule has 0 aliphatic carbocycles. The maximum absolute atomic E-state index is 9.83. The van der Waals surface area contributed by atoms with Gasteiger partial charge in [-0.05, 0) is 43.7 Å². The molecule has 2 rings (SSSR count). The molecule has 1 aromatic heterocycles. The average molecular weight is 216 g/mol. The Labute approximate surface area is 94.9 Å². The average Bonchev–Trinajstić information content (AvgIpc) is 2.28. The van der Waals surface area contributed by atoms with Crippen LogP contribution in [-0.4, -0.2) is 16.6 Å². The van der Waals surface area contributed by atoms with Crippen LogP contribution in [0, 0.1) is 6.92 Å². The van der Waals surface area contributed by atoms with Gasteiger partial charge in [-0.25, -0.2) is 0 Å². The highest BCUT2D eigenvalue weighted by Crippen LogP contribution is 2.21. The van der Waals surface area contributed by atoms with Gasteiger partial charge in [-0.3, -0.25) is 4.98 Å². The van der Waals surface area contributed by atoms with Crippen LogP contribution in [0.1, 0.15) is 23.8 Å². The fourth-order valence-electron chi connectivity index (χ4n) is 1.78. The van der Waals surface area contributed by atoms with Crippen molar-refractivity contribution in [1.82, 2.24) is 4.98 Å². The molecule has 84 valence electrons. The Kier molecular flexibility index (Phi) is 3.17. The molecule has 0 fully saturated rings. The molecule has 1 heterocycles. The number of aromatic nitrogens is 1. The highest BCUT2D eigenvalue weighted by molar-refractivity contribution is 5.79. The lowest BCUT2D eigenvalue weighted by Gasteiger charge is -2.10. The minimum atomic E-state index is -0.476. The first kappa shape index (κ1) is 11.0. The van der Waals surface area contributed by atoms with Crippen molar-refractivity contribution in [2.45, 2.75) is 19.4 Å². The van der Waals surface area contributed by atoms with Gasteiger partial charge in [0.2, 0.25) is 0 Å². The molecule has 0 radical (unpaired) electrons. The number of aliphatic hydroxyl groups is 1. The van der Waals surface area contributed by atoms with Crippen LogP contribution in [0.15, 0.2) is 30.3 Å². The number of pyridine rings is 1. The van der Waals surface area contributed by atoms with Crippen molar-refractivity contribution in [3.63, 3.8) is 0 Å². The lowest BCUT2D eigenvalue weighted by atomic mass is 10.0. The van der Waals surface area contributed by atoms with Gasteiger partial charge in [0.1, 0.15) is 0 Å². The highest BCUT2D eigenvalue weighted by Gasteiger charge is 2.07. The van der Waals surface area contributed by atoms with Crippen LogP contribution < -0.4 is 5.73 Å². The van der Waals surface area contributed by atoms with Crippen molar-refractivity contribution in [3.05, 3.63) is 41.6 Å². The molecule has 16 heavy (non-hydrogen) atoms. The third kappa shape index (κ3) is 2.21. The van der Waals surface area contributed by atoms with Crippen LogP contribution in [-0.2, 0) is 0 Å². The first-order valence-corrected chi connectivity index (χ1v) is 5.46. The van der Waals surface area contributed by atoms with Gasteiger partial charge >= 0.3 is 0 Å². The zero-order valence-electron chi connectivity index (χ0n) is 9.35. The molecule has 1 unspecified atom stereocenters. The van der Waals surface area contributed by atoms with Gasteiger partial charge in [-0.1, -0.05) is 12.1 Å². The molecule has 0 spiro atoms. The Hall–Kier alpha value is -1.45. The molecule has 1 atom stereocenters. The van der Waals surface area contributed by atoms with E-state index in [1.807, 2.05) is 37.3 Å². The van der Waals surface area contributed by atoms with Crippen LogP contribution in [0.25, 0.3) is 10.9 Å². The summed E-state index contributed by atoms with van der Waals surface area (Å²) in [6.07, 6.45) is 0.112. The summed E-state index contributed by atoms with van der Waals surface area (Å²) < 4.78 is 0. The second kappa shape index (κ2) is 4.60. The maximum atomic E-state index is 9.83. The molecule has 3 nitrogen and oxygen atoms in total. The Morgan fingerprint density at radius 2 is 2.12 bits per heavy atom. The lowest BCUT2D eigenvalue weighted by Crippen LogP contribution is -2.06. The minimum Gasteiger partial charge on any atom is -0.388 e. The monoisotopic (exact) mass is 216 g/mol. The minimum absolute atomic E-state index is 0.476. The fourth-order valence-corrected chi connectivity index (χ4v) is 1.78. The molecule has 0 amide bonds. The van der Waals surface area contributed by atoms with Crippen LogP contribution in [0.3, 0.4) is 0 Å². The molecular formula is C13H16N2O. The molecule has 0 aliphatic heterocycles. The van der Waals surface area contributed by atoms with E-state index in [0.717, 1.165) is 22.2 Å². The molecule has 3 heteroatoms. The van der Waals surface area contributed by atoms with E-state index in [1.54, 1.807) is 0 Å². The first-order valence-electron chi connectivity index (χ1n) is 5.46. The summed E-state index contributed by atoms with van der Waals surface area (Å²) in [5.41, 5.74) is 8.30. The molecule has 3 N–H and O–H groups in total. The molecule has 0 bridgehead atoms. The Morgan fingerprint density at radius 3 is 2.88 bits per heavy atom. The van der Waals surface area contributed by atoms with E-state index in [4.69, 9.17) is 5.73 Å². The Bertz CT molecular complexity index is 496. The smallest absolute Gasteiger partial charge is 0.0802 e. The van der Waals surface area contributed by atoms with Crippen LogP contribution in [0.5, 0.6) is 0 Å². The number of nitrogens with two attached hydrogens (primary N) is 1. The van der Waals surface area contributed by atoms with Crippen molar-refractivity contribution in [2.75, 3.05) is 6.54 Å². The van der Waals surface area contributed by atoms with E-state index in [1.165, 1.54) is 0 Å². The number of nitrogens with zero attached hydrogens (tertiary/aromatic N) is 1. The van der Waals surface area contributed by atoms with E-state index in [2.05, 4.69) is 4.98 Å². The summed E-state index contributed by atoms with van der Waals surface area (Å²) in [5, 5.41) is 10.9. The van der Waals surface area contributed by atoms with Crippen molar-refractivity contribution < 1.29 is 5.11 Å². The second-order valence-corrected chi connectivity index (χ2v) is 4.00. The van der Waals surface area contributed by atoms with Gasteiger partial charge in [-0.2, -0.15) is 0 Å². The number of aryl methyl sites for hydroxylation is 1.